The van der Waals surface area contributed by atoms with E-state index in [1.165, 1.54) is 0 Å². The Kier molecular flexibility index (Phi) is 2.78. The maximum Gasteiger partial charge on any atom is 0.199 e. The highest BCUT2D eigenvalue weighted by Gasteiger charge is 2.04. The molecule has 4 nitrogen and oxygen atoms in total. The molecule has 0 unspecified atom stereocenters. The van der Waals surface area contributed by atoms with Crippen LogP contribution in [0, 0.1) is 11.7 Å². The van der Waals surface area contributed by atoms with Gasteiger partial charge in [-0.3, -0.25) is 9.67 Å². The van der Waals surface area contributed by atoms with E-state index < -0.39 is 0 Å². The predicted molar refractivity (Wildman–Crippen MR) is 67.8 cm³/mol. The molecule has 0 atom stereocenters. The van der Waals surface area contributed by atoms with Gasteiger partial charge in [-0.15, -0.1) is 0 Å². The summed E-state index contributed by atoms with van der Waals surface area (Å²) in [6.45, 7) is 1.93. The van der Waals surface area contributed by atoms with E-state index in [9.17, 15) is 0 Å². The summed E-state index contributed by atoms with van der Waals surface area (Å²) in [7, 11) is 4.03. The van der Waals surface area contributed by atoms with Crippen LogP contribution >= 0.6 is 12.2 Å². The van der Waals surface area contributed by atoms with Crippen molar-refractivity contribution in [2.24, 2.45) is 0 Å². The molecule has 0 aliphatic heterocycles. The third kappa shape index (κ3) is 1.86. The van der Waals surface area contributed by atoms with Crippen LogP contribution in [0.3, 0.4) is 0 Å². The second kappa shape index (κ2) is 4.09. The van der Waals surface area contributed by atoms with Crippen molar-refractivity contribution in [2.75, 3.05) is 19.0 Å². The minimum atomic E-state index is 0.619. The van der Waals surface area contributed by atoms with Gasteiger partial charge in [-0.2, -0.15) is 5.10 Å². The summed E-state index contributed by atoms with van der Waals surface area (Å²) in [5.74, 6) is 0.862. The van der Waals surface area contributed by atoms with Gasteiger partial charge < -0.3 is 4.90 Å². The van der Waals surface area contributed by atoms with Crippen molar-refractivity contribution in [3.8, 4) is 5.69 Å². The van der Waals surface area contributed by atoms with Gasteiger partial charge in [0.1, 0.15) is 5.82 Å². The molecule has 1 N–H and O–H groups in total. The van der Waals surface area contributed by atoms with Gasteiger partial charge in [-0.25, -0.2) is 0 Å². The van der Waals surface area contributed by atoms with Crippen molar-refractivity contribution in [1.82, 2.24) is 14.8 Å². The lowest BCUT2D eigenvalue weighted by molar-refractivity contribution is 0.961. The quantitative estimate of drug-likeness (QED) is 0.810. The fourth-order valence-electron chi connectivity index (χ4n) is 1.59. The summed E-state index contributed by atoms with van der Waals surface area (Å²) >= 11 is 5.20. The van der Waals surface area contributed by atoms with E-state index in [0.29, 0.717) is 4.77 Å². The van der Waals surface area contributed by atoms with E-state index in [0.717, 1.165) is 17.2 Å². The summed E-state index contributed by atoms with van der Waals surface area (Å²) in [4.78, 5) is 2.06. The second-order valence-electron chi connectivity index (χ2n) is 3.83. The zero-order valence-corrected chi connectivity index (χ0v) is 10.4. The molecule has 0 aliphatic rings. The van der Waals surface area contributed by atoms with Gasteiger partial charge in [0.15, 0.2) is 4.77 Å². The van der Waals surface area contributed by atoms with E-state index in [1.54, 1.807) is 0 Å². The van der Waals surface area contributed by atoms with Crippen LogP contribution in [0.25, 0.3) is 5.69 Å². The first-order valence-electron chi connectivity index (χ1n) is 5.01. The van der Waals surface area contributed by atoms with Gasteiger partial charge in [0.2, 0.25) is 0 Å². The average molecular weight is 234 g/mol. The first kappa shape index (κ1) is 10.9. The van der Waals surface area contributed by atoms with Gasteiger partial charge in [-0.05, 0) is 37.3 Å². The Bertz CT molecular complexity index is 553. The molecule has 0 amide bonds. The summed E-state index contributed by atoms with van der Waals surface area (Å²) < 4.78 is 2.54. The van der Waals surface area contributed by atoms with Crippen molar-refractivity contribution in [3.63, 3.8) is 0 Å². The highest BCUT2D eigenvalue weighted by molar-refractivity contribution is 7.71. The monoisotopic (exact) mass is 234 g/mol. The van der Waals surface area contributed by atoms with Gasteiger partial charge >= 0.3 is 0 Å². The Labute approximate surface area is 99.5 Å². The van der Waals surface area contributed by atoms with Crippen LogP contribution in [0.15, 0.2) is 24.3 Å². The number of benzene rings is 1. The number of rotatable bonds is 2. The lowest BCUT2D eigenvalue weighted by atomic mass is 10.2. The number of nitrogens with one attached hydrogen (secondary N) is 1. The SMILES string of the molecule is Cc1n[nH]c(=S)n1-c1cccc(N(C)C)c1. The highest BCUT2D eigenvalue weighted by Crippen LogP contribution is 2.17. The Hall–Kier alpha value is -1.62. The number of aromatic nitrogens is 3. The minimum Gasteiger partial charge on any atom is -0.378 e. The van der Waals surface area contributed by atoms with E-state index in [4.69, 9.17) is 12.2 Å². The molecule has 0 aliphatic carbocycles. The molecule has 2 aromatic rings. The molecular formula is C11H14N4S. The molecule has 84 valence electrons. The normalized spacial score (nSPS) is 10.4. The van der Waals surface area contributed by atoms with Gasteiger partial charge in [0, 0.05) is 19.8 Å². The molecule has 1 aromatic carbocycles. The number of aryl methyl sites for hydroxylation is 1. The lowest BCUT2D eigenvalue weighted by Gasteiger charge is -2.14. The Morgan fingerprint density at radius 3 is 2.69 bits per heavy atom. The molecule has 0 radical (unpaired) electrons. The van der Waals surface area contributed by atoms with Crippen molar-refractivity contribution >= 4 is 17.9 Å². The van der Waals surface area contributed by atoms with E-state index >= 15 is 0 Å². The molecule has 1 heterocycles. The fourth-order valence-corrected chi connectivity index (χ4v) is 1.87. The van der Waals surface area contributed by atoms with Crippen molar-refractivity contribution in [3.05, 3.63) is 34.9 Å². The van der Waals surface area contributed by atoms with E-state index in [2.05, 4.69) is 27.2 Å². The molecule has 0 fully saturated rings. The molecule has 16 heavy (non-hydrogen) atoms. The van der Waals surface area contributed by atoms with Gasteiger partial charge in [0.05, 0.1) is 5.69 Å². The van der Waals surface area contributed by atoms with Crippen LogP contribution < -0.4 is 4.90 Å². The second-order valence-corrected chi connectivity index (χ2v) is 4.21. The largest absolute Gasteiger partial charge is 0.378 e. The lowest BCUT2D eigenvalue weighted by Crippen LogP contribution is -2.09. The first-order chi connectivity index (χ1) is 7.59. The van der Waals surface area contributed by atoms with Crippen molar-refractivity contribution < 1.29 is 0 Å². The van der Waals surface area contributed by atoms with Gasteiger partial charge in [-0.1, -0.05) is 6.07 Å². The summed E-state index contributed by atoms with van der Waals surface area (Å²) in [5.41, 5.74) is 2.17. The number of hydrogen-bond acceptors (Lipinski definition) is 3. The van der Waals surface area contributed by atoms with Crippen LogP contribution in [0.5, 0.6) is 0 Å². The molecule has 1 aromatic heterocycles. The molecule has 2 rings (SSSR count). The van der Waals surface area contributed by atoms with Crippen molar-refractivity contribution in [2.45, 2.75) is 6.92 Å². The topological polar surface area (TPSA) is 36.9 Å². The Morgan fingerprint density at radius 1 is 1.38 bits per heavy atom. The summed E-state index contributed by atoms with van der Waals surface area (Å²) in [6.07, 6.45) is 0. The molecular weight excluding hydrogens is 220 g/mol. The maximum atomic E-state index is 5.20. The highest BCUT2D eigenvalue weighted by atomic mass is 32.1. The van der Waals surface area contributed by atoms with Crippen LogP contribution in [-0.2, 0) is 0 Å². The third-order valence-corrected chi connectivity index (χ3v) is 2.72. The van der Waals surface area contributed by atoms with Crippen LogP contribution in [0.2, 0.25) is 0 Å². The number of hydrogen-bond donors (Lipinski definition) is 1. The molecule has 0 saturated heterocycles. The molecule has 5 heteroatoms. The van der Waals surface area contributed by atoms with Crippen LogP contribution in [0.1, 0.15) is 5.82 Å². The zero-order valence-electron chi connectivity index (χ0n) is 9.56. The van der Waals surface area contributed by atoms with E-state index in [1.807, 2.05) is 37.7 Å². The fraction of sp³-hybridized carbons (Fsp3) is 0.273. The standard InChI is InChI=1S/C11H14N4S/c1-8-12-13-11(16)15(8)10-6-4-5-9(7-10)14(2)3/h4-7H,1-3H3,(H,13,16). The van der Waals surface area contributed by atoms with Gasteiger partial charge in [0.25, 0.3) is 0 Å². The zero-order chi connectivity index (χ0) is 11.7. The van der Waals surface area contributed by atoms with Crippen LogP contribution in [0.4, 0.5) is 5.69 Å². The molecule has 0 saturated carbocycles. The number of aromatic amines is 1. The minimum absolute atomic E-state index is 0.619. The molecule has 0 bridgehead atoms. The average Bonchev–Trinajstić information content (AvgIpc) is 2.59. The molecule has 0 spiro atoms. The van der Waals surface area contributed by atoms with E-state index in [-0.39, 0.29) is 0 Å². The summed E-state index contributed by atoms with van der Waals surface area (Å²) in [5, 5.41) is 6.89. The Morgan fingerprint density at radius 2 is 2.12 bits per heavy atom. The smallest absolute Gasteiger partial charge is 0.199 e. The maximum absolute atomic E-state index is 5.20. The third-order valence-electron chi connectivity index (χ3n) is 2.44. The predicted octanol–water partition coefficient (Wildman–Crippen LogP) is 2.30. The summed E-state index contributed by atoms with van der Waals surface area (Å²) in [6, 6.07) is 8.17. The van der Waals surface area contributed by atoms with Crippen LogP contribution in [-0.4, -0.2) is 28.9 Å². The number of nitrogens with zero attached hydrogens (tertiary/aromatic N) is 3. The number of anilines is 1. The Balaban J connectivity index is 2.57. The van der Waals surface area contributed by atoms with Crippen molar-refractivity contribution in [1.29, 1.82) is 0 Å². The number of H-pyrrole nitrogens is 1. The first-order valence-corrected chi connectivity index (χ1v) is 5.42.